The van der Waals surface area contributed by atoms with E-state index in [0.717, 1.165) is 11.3 Å². The number of ether oxygens (including phenoxy) is 1. The van der Waals surface area contributed by atoms with Crippen molar-refractivity contribution in [3.63, 3.8) is 0 Å². The van der Waals surface area contributed by atoms with Gasteiger partial charge in [-0.2, -0.15) is 0 Å². The lowest BCUT2D eigenvalue weighted by atomic mass is 10.1. The second-order valence-electron chi connectivity index (χ2n) is 5.80. The molecule has 1 aromatic heterocycles. The highest BCUT2D eigenvalue weighted by Gasteiger charge is 2.26. The van der Waals surface area contributed by atoms with Gasteiger partial charge in [-0.05, 0) is 45.8 Å². The van der Waals surface area contributed by atoms with E-state index in [1.54, 1.807) is 29.0 Å². The average Bonchev–Trinajstić information content (AvgIpc) is 3.08. The smallest absolute Gasteiger partial charge is 0.289 e. The van der Waals surface area contributed by atoms with E-state index in [-0.39, 0.29) is 11.8 Å². The molecule has 25 heavy (non-hydrogen) atoms. The van der Waals surface area contributed by atoms with Crippen LogP contribution in [0.1, 0.15) is 16.1 Å². The molecule has 132 valence electrons. The lowest BCUT2D eigenvalue weighted by molar-refractivity contribution is -0.131. The van der Waals surface area contributed by atoms with E-state index in [4.69, 9.17) is 9.15 Å². The van der Waals surface area contributed by atoms with Crippen LogP contribution in [-0.4, -0.2) is 54.9 Å². The molecule has 0 bridgehead atoms. The number of methoxy groups -OCH3 is 1. The molecule has 0 N–H and O–H groups in total. The number of hydrogen-bond acceptors (Lipinski definition) is 4. The molecule has 0 aliphatic carbocycles. The molecule has 7 heteroatoms. The van der Waals surface area contributed by atoms with Gasteiger partial charge in [0.25, 0.3) is 5.91 Å². The largest absolute Gasteiger partial charge is 0.497 e. The fourth-order valence-corrected chi connectivity index (χ4v) is 3.08. The Morgan fingerprint density at radius 2 is 1.68 bits per heavy atom. The molecule has 3 rings (SSSR count). The number of nitrogens with zero attached hydrogens (tertiary/aromatic N) is 2. The Labute approximate surface area is 154 Å². The molecule has 6 nitrogen and oxygen atoms in total. The molecule has 1 saturated heterocycles. The number of amides is 2. The van der Waals surface area contributed by atoms with E-state index in [1.165, 1.54) is 0 Å². The number of hydrogen-bond donors (Lipinski definition) is 0. The number of halogens is 1. The Morgan fingerprint density at radius 3 is 2.24 bits per heavy atom. The van der Waals surface area contributed by atoms with Gasteiger partial charge in [0.05, 0.1) is 13.5 Å². The molecule has 1 aromatic carbocycles. The predicted octanol–water partition coefficient (Wildman–Crippen LogP) is 2.58. The molecule has 0 unspecified atom stereocenters. The molecule has 1 fully saturated rings. The Balaban J connectivity index is 1.52. The molecule has 2 heterocycles. The fraction of sp³-hybridized carbons (Fsp3) is 0.333. The molecule has 0 radical (unpaired) electrons. The van der Waals surface area contributed by atoms with Crippen LogP contribution in [0.5, 0.6) is 5.75 Å². The van der Waals surface area contributed by atoms with Crippen molar-refractivity contribution in [1.82, 2.24) is 9.80 Å². The molecule has 0 spiro atoms. The first-order valence-electron chi connectivity index (χ1n) is 8.02. The van der Waals surface area contributed by atoms with Crippen molar-refractivity contribution in [3.05, 3.63) is 52.4 Å². The summed E-state index contributed by atoms with van der Waals surface area (Å²) in [5.41, 5.74) is 0.949. The highest BCUT2D eigenvalue weighted by Crippen LogP contribution is 2.17. The molecular weight excluding hydrogens is 388 g/mol. The minimum Gasteiger partial charge on any atom is -0.497 e. The summed E-state index contributed by atoms with van der Waals surface area (Å²) in [5, 5.41) is 0. The Hall–Kier alpha value is -2.28. The zero-order chi connectivity index (χ0) is 17.8. The summed E-state index contributed by atoms with van der Waals surface area (Å²) in [6.45, 7) is 2.07. The van der Waals surface area contributed by atoms with Crippen molar-refractivity contribution in [3.8, 4) is 5.75 Å². The lowest BCUT2D eigenvalue weighted by Gasteiger charge is -2.34. The van der Waals surface area contributed by atoms with Crippen LogP contribution in [0.25, 0.3) is 0 Å². The van der Waals surface area contributed by atoms with E-state index in [2.05, 4.69) is 15.9 Å². The number of carbonyl (C=O) groups excluding carboxylic acids is 2. The third-order valence-electron chi connectivity index (χ3n) is 4.22. The van der Waals surface area contributed by atoms with Crippen molar-refractivity contribution in [1.29, 1.82) is 0 Å². The normalized spacial score (nSPS) is 14.5. The standard InChI is InChI=1S/C18H19BrN2O4/c1-24-14-4-2-13(3-5-14)12-17(22)20-8-10-21(11-9-20)18(23)15-6-7-16(19)25-15/h2-7H,8-12H2,1H3. The number of benzene rings is 1. The summed E-state index contributed by atoms with van der Waals surface area (Å²) < 4.78 is 11.0. The third kappa shape index (κ3) is 4.22. The quantitative estimate of drug-likeness (QED) is 0.782. The van der Waals surface area contributed by atoms with Crippen LogP contribution in [0.15, 0.2) is 45.5 Å². The van der Waals surface area contributed by atoms with Gasteiger partial charge in [0.1, 0.15) is 5.75 Å². The van der Waals surface area contributed by atoms with Crippen molar-refractivity contribution in [2.24, 2.45) is 0 Å². The fourth-order valence-electron chi connectivity index (χ4n) is 2.77. The first-order chi connectivity index (χ1) is 12.1. The number of furan rings is 1. The molecular formula is C18H19BrN2O4. The second-order valence-corrected chi connectivity index (χ2v) is 6.58. The zero-order valence-corrected chi connectivity index (χ0v) is 15.5. The number of rotatable bonds is 4. The second kappa shape index (κ2) is 7.74. The summed E-state index contributed by atoms with van der Waals surface area (Å²) in [4.78, 5) is 28.3. The van der Waals surface area contributed by atoms with Gasteiger partial charge in [0.2, 0.25) is 5.91 Å². The minimum atomic E-state index is -0.145. The van der Waals surface area contributed by atoms with Crippen LogP contribution in [0.4, 0.5) is 0 Å². The van der Waals surface area contributed by atoms with E-state index >= 15 is 0 Å². The van der Waals surface area contributed by atoms with Crippen molar-refractivity contribution < 1.29 is 18.7 Å². The summed E-state index contributed by atoms with van der Waals surface area (Å²) in [6, 6.07) is 10.8. The van der Waals surface area contributed by atoms with Gasteiger partial charge >= 0.3 is 0 Å². The first kappa shape index (κ1) is 17.5. The van der Waals surface area contributed by atoms with Crippen molar-refractivity contribution >= 4 is 27.7 Å². The minimum absolute atomic E-state index is 0.0676. The van der Waals surface area contributed by atoms with Crippen molar-refractivity contribution in [2.75, 3.05) is 33.3 Å². The summed E-state index contributed by atoms with van der Waals surface area (Å²) in [5.74, 6) is 1.00. The Morgan fingerprint density at radius 1 is 1.04 bits per heavy atom. The van der Waals surface area contributed by atoms with E-state index in [1.807, 2.05) is 24.3 Å². The molecule has 0 atom stereocenters. The monoisotopic (exact) mass is 406 g/mol. The molecule has 1 aliphatic heterocycles. The summed E-state index contributed by atoms with van der Waals surface area (Å²) in [6.07, 6.45) is 0.350. The zero-order valence-electron chi connectivity index (χ0n) is 13.9. The van der Waals surface area contributed by atoms with E-state index in [0.29, 0.717) is 43.0 Å². The highest BCUT2D eigenvalue weighted by atomic mass is 79.9. The van der Waals surface area contributed by atoms with Crippen molar-refractivity contribution in [2.45, 2.75) is 6.42 Å². The van der Waals surface area contributed by atoms with Gasteiger partial charge < -0.3 is 19.0 Å². The van der Waals surface area contributed by atoms with Crippen LogP contribution in [-0.2, 0) is 11.2 Å². The average molecular weight is 407 g/mol. The highest BCUT2D eigenvalue weighted by molar-refractivity contribution is 9.10. The predicted molar refractivity (Wildman–Crippen MR) is 95.6 cm³/mol. The van der Waals surface area contributed by atoms with Gasteiger partial charge in [-0.3, -0.25) is 9.59 Å². The van der Waals surface area contributed by atoms with E-state index < -0.39 is 0 Å². The van der Waals surface area contributed by atoms with E-state index in [9.17, 15) is 9.59 Å². The summed E-state index contributed by atoms with van der Waals surface area (Å²) >= 11 is 3.20. The molecule has 2 amide bonds. The van der Waals surface area contributed by atoms with Crippen LogP contribution >= 0.6 is 15.9 Å². The van der Waals surface area contributed by atoms with Crippen LogP contribution in [0.3, 0.4) is 0 Å². The molecule has 0 saturated carbocycles. The maximum absolute atomic E-state index is 12.4. The van der Waals surface area contributed by atoms with Crippen LogP contribution in [0.2, 0.25) is 0 Å². The topological polar surface area (TPSA) is 63.0 Å². The Bertz CT molecular complexity index is 749. The van der Waals surface area contributed by atoms with Gasteiger partial charge in [0, 0.05) is 26.2 Å². The SMILES string of the molecule is COc1ccc(CC(=O)N2CCN(C(=O)c3ccc(Br)o3)CC2)cc1. The van der Waals surface area contributed by atoms with Gasteiger partial charge in [-0.25, -0.2) is 0 Å². The van der Waals surface area contributed by atoms with Gasteiger partial charge in [-0.15, -0.1) is 0 Å². The Kier molecular flexibility index (Phi) is 5.43. The van der Waals surface area contributed by atoms with Gasteiger partial charge in [0.15, 0.2) is 10.4 Å². The van der Waals surface area contributed by atoms with Crippen LogP contribution in [0, 0.1) is 0 Å². The molecule has 2 aromatic rings. The lowest BCUT2D eigenvalue weighted by Crippen LogP contribution is -2.50. The van der Waals surface area contributed by atoms with Gasteiger partial charge in [-0.1, -0.05) is 12.1 Å². The third-order valence-corrected chi connectivity index (χ3v) is 4.64. The maximum Gasteiger partial charge on any atom is 0.289 e. The number of piperazine rings is 1. The number of carbonyl (C=O) groups is 2. The summed E-state index contributed by atoms with van der Waals surface area (Å²) in [7, 11) is 1.61. The molecule has 1 aliphatic rings. The maximum atomic E-state index is 12.4. The van der Waals surface area contributed by atoms with Crippen LogP contribution < -0.4 is 4.74 Å². The first-order valence-corrected chi connectivity index (χ1v) is 8.81.